The molecule has 1 atom stereocenters. The van der Waals surface area contributed by atoms with Crippen molar-refractivity contribution in [3.05, 3.63) is 87.9 Å². The van der Waals surface area contributed by atoms with E-state index in [9.17, 15) is 14.7 Å². The summed E-state index contributed by atoms with van der Waals surface area (Å²) in [4.78, 5) is 24.1. The number of carbonyl (C=O) groups excluding carboxylic acids is 1. The Hall–Kier alpha value is -3.31. The van der Waals surface area contributed by atoms with Crippen molar-refractivity contribution in [3.8, 4) is 17.2 Å². The summed E-state index contributed by atoms with van der Waals surface area (Å²) >= 11 is 6.37. The van der Waals surface area contributed by atoms with Crippen LogP contribution in [0.1, 0.15) is 71.0 Å². The first-order valence-corrected chi connectivity index (χ1v) is 12.4. The van der Waals surface area contributed by atoms with Crippen LogP contribution < -0.4 is 9.47 Å². The number of carboxylic acids is 1. The second kappa shape index (κ2) is 10.1. The first-order valence-electron chi connectivity index (χ1n) is 12.1. The molecule has 0 bridgehead atoms. The molecule has 3 aromatic rings. The molecule has 6 heteroatoms. The molecule has 0 saturated heterocycles. The molecule has 1 N–H and O–H groups in total. The number of halogens is 1. The lowest BCUT2D eigenvalue weighted by molar-refractivity contribution is -0.139. The van der Waals surface area contributed by atoms with Crippen molar-refractivity contribution in [1.29, 1.82) is 0 Å². The third-order valence-electron chi connectivity index (χ3n) is 6.70. The maximum absolute atomic E-state index is 12.6. The molecule has 0 amide bonds. The van der Waals surface area contributed by atoms with E-state index in [-0.39, 0.29) is 5.78 Å². The molecule has 0 aromatic heterocycles. The zero-order valence-electron chi connectivity index (χ0n) is 19.3. The monoisotopic (exact) mass is 490 g/mol. The summed E-state index contributed by atoms with van der Waals surface area (Å²) < 4.78 is 11.5. The Balaban J connectivity index is 1.17. The van der Waals surface area contributed by atoms with E-state index < -0.39 is 11.9 Å². The van der Waals surface area contributed by atoms with Crippen LogP contribution in [0.4, 0.5) is 0 Å². The Bertz CT molecular complexity index is 1230. The van der Waals surface area contributed by atoms with Gasteiger partial charge in [0.05, 0.1) is 17.5 Å². The third-order valence-corrected chi connectivity index (χ3v) is 7.00. The second-order valence-corrected chi connectivity index (χ2v) is 9.67. The molecule has 180 valence electrons. The van der Waals surface area contributed by atoms with E-state index in [2.05, 4.69) is 24.3 Å². The number of ketones is 1. The summed E-state index contributed by atoms with van der Waals surface area (Å²) in [5.41, 5.74) is 3.90. The van der Waals surface area contributed by atoms with Crippen LogP contribution in [-0.4, -0.2) is 23.5 Å². The number of rotatable bonds is 9. The molecule has 3 aromatic carbocycles. The van der Waals surface area contributed by atoms with E-state index in [4.69, 9.17) is 21.1 Å². The lowest BCUT2D eigenvalue weighted by Gasteiger charge is -2.24. The molecule has 0 radical (unpaired) electrons. The Morgan fingerprint density at radius 2 is 1.74 bits per heavy atom. The number of hydrogen-bond donors (Lipinski definition) is 1. The van der Waals surface area contributed by atoms with Crippen molar-refractivity contribution in [2.24, 2.45) is 0 Å². The van der Waals surface area contributed by atoms with Gasteiger partial charge in [0.15, 0.2) is 5.78 Å². The Morgan fingerprint density at radius 1 is 1.00 bits per heavy atom. The van der Waals surface area contributed by atoms with Crippen LogP contribution in [0.3, 0.4) is 0 Å². The summed E-state index contributed by atoms with van der Waals surface area (Å²) in [5.74, 6) is 0.707. The van der Waals surface area contributed by atoms with Gasteiger partial charge in [-0.1, -0.05) is 35.9 Å². The highest BCUT2D eigenvalue weighted by molar-refractivity contribution is 6.32. The zero-order valence-corrected chi connectivity index (χ0v) is 20.1. The fraction of sp³-hybridized carbons (Fsp3) is 0.310. The Labute approximate surface area is 209 Å². The van der Waals surface area contributed by atoms with Gasteiger partial charge in [-0.25, -0.2) is 0 Å². The number of carbonyl (C=O) groups is 2. The van der Waals surface area contributed by atoms with E-state index in [1.165, 1.54) is 24.0 Å². The lowest BCUT2D eigenvalue weighted by atomic mass is 9.93. The lowest BCUT2D eigenvalue weighted by Crippen LogP contribution is -2.20. The number of carboxylic acid groups (broad SMARTS) is 1. The molecule has 1 unspecified atom stereocenters. The molecule has 1 fully saturated rings. The van der Waals surface area contributed by atoms with Gasteiger partial charge in [0, 0.05) is 23.6 Å². The zero-order chi connectivity index (χ0) is 24.4. The highest BCUT2D eigenvalue weighted by atomic mass is 35.5. The second-order valence-electron chi connectivity index (χ2n) is 9.27. The van der Waals surface area contributed by atoms with Crippen LogP contribution in [0, 0.1) is 0 Å². The summed E-state index contributed by atoms with van der Waals surface area (Å²) in [7, 11) is 0. The van der Waals surface area contributed by atoms with Gasteiger partial charge in [0.25, 0.3) is 0 Å². The van der Waals surface area contributed by atoms with E-state index in [0.717, 1.165) is 18.8 Å². The van der Waals surface area contributed by atoms with Crippen molar-refractivity contribution in [3.63, 3.8) is 0 Å². The van der Waals surface area contributed by atoms with Crippen molar-refractivity contribution in [2.45, 2.75) is 50.4 Å². The minimum Gasteiger partial charge on any atom is -0.493 e. The van der Waals surface area contributed by atoms with Crippen LogP contribution in [0.25, 0.3) is 0 Å². The fourth-order valence-electron chi connectivity index (χ4n) is 4.53. The van der Waals surface area contributed by atoms with Gasteiger partial charge in [0.1, 0.15) is 17.2 Å². The minimum absolute atomic E-state index is 0.103. The molecular weight excluding hydrogens is 464 g/mol. The molecule has 1 aliphatic carbocycles. The maximum atomic E-state index is 12.6. The number of fused-ring (bicyclic) bond motifs is 1. The predicted octanol–water partition coefficient (Wildman–Crippen LogP) is 7.17. The molecule has 1 aliphatic heterocycles. The minimum atomic E-state index is -0.897. The molecule has 1 heterocycles. The number of aliphatic carboxylic acids is 1. The fourth-order valence-corrected chi connectivity index (χ4v) is 4.74. The standard InChI is InChI=1S/C29H27ClO5/c30-25-16-24-23(29(32)33)14-15-34-27(24)17-28(25)35-22-12-10-21(11-13-22)26(31)3-1-2-18-4-6-19(7-5-18)20-8-9-20/h4-7,10-13,16-17,20,23H,1-3,8-9,14-15H2,(H,32,33). The van der Waals surface area contributed by atoms with Gasteiger partial charge in [0.2, 0.25) is 0 Å². The van der Waals surface area contributed by atoms with E-state index in [0.29, 0.717) is 52.8 Å². The van der Waals surface area contributed by atoms with Crippen molar-refractivity contribution in [1.82, 2.24) is 0 Å². The quantitative estimate of drug-likeness (QED) is 0.322. The molecule has 2 aliphatic rings. The third kappa shape index (κ3) is 5.51. The summed E-state index contributed by atoms with van der Waals surface area (Å²) in [5, 5.41) is 9.75. The molecule has 1 saturated carbocycles. The van der Waals surface area contributed by atoms with Gasteiger partial charge in [-0.15, -0.1) is 0 Å². The van der Waals surface area contributed by atoms with E-state index in [1.807, 2.05) is 0 Å². The number of ether oxygens (including phenoxy) is 2. The SMILES string of the molecule is O=C(CCCc1ccc(C2CC2)cc1)c1ccc(Oc2cc3c(cc2Cl)C(C(=O)O)CCO3)cc1. The van der Waals surface area contributed by atoms with Crippen molar-refractivity contribution < 1.29 is 24.2 Å². The molecular formula is C29H27ClO5. The number of hydrogen-bond acceptors (Lipinski definition) is 4. The molecule has 35 heavy (non-hydrogen) atoms. The van der Waals surface area contributed by atoms with Crippen molar-refractivity contribution >= 4 is 23.4 Å². The first-order chi connectivity index (χ1) is 17.0. The number of aryl methyl sites for hydroxylation is 1. The van der Waals surface area contributed by atoms with Gasteiger partial charge in [-0.2, -0.15) is 0 Å². The largest absolute Gasteiger partial charge is 0.493 e. The summed E-state index contributed by atoms with van der Waals surface area (Å²) in [6.07, 6.45) is 5.20. The molecule has 0 spiro atoms. The number of Topliss-reactive ketones (excluding diaryl/α,β-unsaturated/α-hetero) is 1. The van der Waals surface area contributed by atoms with Crippen LogP contribution in [0.15, 0.2) is 60.7 Å². The van der Waals surface area contributed by atoms with Crippen LogP contribution >= 0.6 is 11.6 Å². The molecule has 5 nitrogen and oxygen atoms in total. The first kappa shape index (κ1) is 23.4. The topological polar surface area (TPSA) is 72.8 Å². The highest BCUT2D eigenvalue weighted by Crippen LogP contribution is 2.42. The van der Waals surface area contributed by atoms with E-state index >= 15 is 0 Å². The average Bonchev–Trinajstić information content (AvgIpc) is 3.70. The van der Waals surface area contributed by atoms with Crippen LogP contribution in [-0.2, 0) is 11.2 Å². The maximum Gasteiger partial charge on any atom is 0.311 e. The number of benzene rings is 3. The predicted molar refractivity (Wildman–Crippen MR) is 134 cm³/mol. The van der Waals surface area contributed by atoms with Gasteiger partial charge >= 0.3 is 5.97 Å². The summed E-state index contributed by atoms with van der Waals surface area (Å²) in [6, 6.07) is 19.0. The van der Waals surface area contributed by atoms with Crippen LogP contribution in [0.5, 0.6) is 17.2 Å². The van der Waals surface area contributed by atoms with Gasteiger partial charge < -0.3 is 14.6 Å². The van der Waals surface area contributed by atoms with Crippen molar-refractivity contribution in [2.75, 3.05) is 6.61 Å². The van der Waals surface area contributed by atoms with Gasteiger partial charge in [-0.3, -0.25) is 9.59 Å². The smallest absolute Gasteiger partial charge is 0.311 e. The normalized spacial score (nSPS) is 16.8. The summed E-state index contributed by atoms with van der Waals surface area (Å²) in [6.45, 7) is 0.327. The van der Waals surface area contributed by atoms with E-state index in [1.54, 1.807) is 36.4 Å². The molecule has 5 rings (SSSR count). The Kier molecular flexibility index (Phi) is 6.78. The highest BCUT2D eigenvalue weighted by Gasteiger charge is 2.29. The Morgan fingerprint density at radius 3 is 2.43 bits per heavy atom. The van der Waals surface area contributed by atoms with Crippen LogP contribution in [0.2, 0.25) is 5.02 Å². The average molecular weight is 491 g/mol. The van der Waals surface area contributed by atoms with Gasteiger partial charge in [-0.05, 0) is 79.5 Å².